The van der Waals surface area contributed by atoms with E-state index < -0.39 is 0 Å². The number of para-hydroxylation sites is 1. The van der Waals surface area contributed by atoms with Crippen molar-refractivity contribution >= 4 is 17.3 Å². The molecule has 0 aliphatic carbocycles. The third kappa shape index (κ3) is 3.13. The Bertz CT molecular complexity index is 512. The van der Waals surface area contributed by atoms with Gasteiger partial charge in [-0.25, -0.2) is 0 Å². The second kappa shape index (κ2) is 6.35. The van der Waals surface area contributed by atoms with E-state index in [1.54, 1.807) is 0 Å². The van der Waals surface area contributed by atoms with Crippen molar-refractivity contribution in [2.45, 2.75) is 25.8 Å². The predicted molar refractivity (Wildman–Crippen MR) is 83.9 cm³/mol. The summed E-state index contributed by atoms with van der Waals surface area (Å²) in [6.07, 6.45) is 2.04. The minimum Gasteiger partial charge on any atom is -0.382 e. The van der Waals surface area contributed by atoms with Crippen LogP contribution in [0.5, 0.6) is 0 Å². The number of rotatable bonds is 3. The Kier molecular flexibility index (Phi) is 4.29. The summed E-state index contributed by atoms with van der Waals surface area (Å²) in [4.78, 5) is 12.6. The third-order valence-electron chi connectivity index (χ3n) is 4.38. The molecule has 2 aliphatic heterocycles. The van der Waals surface area contributed by atoms with Gasteiger partial charge in [0.15, 0.2) is 0 Å². The van der Waals surface area contributed by atoms with Crippen molar-refractivity contribution in [3.63, 3.8) is 0 Å². The SMILES string of the molecule is CC(NC(=O)c1cccc2c1NCCN2)C1CCOCC1. The molecule has 1 aromatic rings. The molecule has 2 aliphatic rings. The zero-order valence-corrected chi connectivity index (χ0v) is 12.4. The molecule has 0 spiro atoms. The molecule has 0 saturated carbocycles. The Morgan fingerprint density at radius 1 is 1.29 bits per heavy atom. The van der Waals surface area contributed by atoms with Crippen LogP contribution >= 0.6 is 0 Å². The smallest absolute Gasteiger partial charge is 0.253 e. The molecule has 1 atom stereocenters. The van der Waals surface area contributed by atoms with Crippen molar-refractivity contribution < 1.29 is 9.53 Å². The standard InChI is InChI=1S/C16H23N3O2/c1-11(12-5-9-21-10-6-12)19-16(20)13-3-2-4-14-15(13)18-8-7-17-14/h2-4,11-12,17-18H,5-10H2,1H3,(H,19,20). The van der Waals surface area contributed by atoms with Crippen molar-refractivity contribution in [2.24, 2.45) is 5.92 Å². The van der Waals surface area contributed by atoms with Gasteiger partial charge in [-0.3, -0.25) is 4.79 Å². The monoisotopic (exact) mass is 289 g/mol. The fourth-order valence-electron chi connectivity index (χ4n) is 3.08. The highest BCUT2D eigenvalue weighted by atomic mass is 16.5. The first-order valence-corrected chi connectivity index (χ1v) is 7.75. The van der Waals surface area contributed by atoms with E-state index >= 15 is 0 Å². The zero-order valence-electron chi connectivity index (χ0n) is 12.4. The maximum atomic E-state index is 12.6. The van der Waals surface area contributed by atoms with Gasteiger partial charge in [-0.2, -0.15) is 0 Å². The van der Waals surface area contributed by atoms with E-state index in [2.05, 4.69) is 22.9 Å². The van der Waals surface area contributed by atoms with Crippen LogP contribution in [0.25, 0.3) is 0 Å². The largest absolute Gasteiger partial charge is 0.382 e. The summed E-state index contributed by atoms with van der Waals surface area (Å²) in [5, 5.41) is 9.79. The molecule has 2 heterocycles. The fourth-order valence-corrected chi connectivity index (χ4v) is 3.08. The van der Waals surface area contributed by atoms with Gasteiger partial charge in [-0.1, -0.05) is 6.07 Å². The Hall–Kier alpha value is -1.75. The number of hydrogen-bond donors (Lipinski definition) is 3. The van der Waals surface area contributed by atoms with Gasteiger partial charge in [0.1, 0.15) is 0 Å². The molecular weight excluding hydrogens is 266 g/mol. The lowest BCUT2D eigenvalue weighted by Crippen LogP contribution is -2.40. The highest BCUT2D eigenvalue weighted by molar-refractivity contribution is 6.02. The molecule has 5 heteroatoms. The second-order valence-corrected chi connectivity index (χ2v) is 5.79. The number of amides is 1. The Morgan fingerprint density at radius 3 is 2.86 bits per heavy atom. The van der Waals surface area contributed by atoms with E-state index in [4.69, 9.17) is 4.74 Å². The molecule has 1 aromatic carbocycles. The summed E-state index contributed by atoms with van der Waals surface area (Å²) in [5.41, 5.74) is 2.65. The van der Waals surface area contributed by atoms with Crippen LogP contribution in [0.1, 0.15) is 30.1 Å². The van der Waals surface area contributed by atoms with Crippen molar-refractivity contribution in [1.29, 1.82) is 0 Å². The number of carbonyl (C=O) groups excluding carboxylic acids is 1. The van der Waals surface area contributed by atoms with E-state index in [1.807, 2.05) is 18.2 Å². The molecule has 3 rings (SSSR count). The van der Waals surface area contributed by atoms with Crippen molar-refractivity contribution in [3.05, 3.63) is 23.8 Å². The van der Waals surface area contributed by atoms with Gasteiger partial charge in [0, 0.05) is 32.3 Å². The summed E-state index contributed by atoms with van der Waals surface area (Å²) in [7, 11) is 0. The molecule has 0 bridgehead atoms. The Balaban J connectivity index is 1.70. The molecule has 5 nitrogen and oxygen atoms in total. The highest BCUT2D eigenvalue weighted by Gasteiger charge is 2.24. The Labute approximate surface area is 125 Å². The van der Waals surface area contributed by atoms with Crippen molar-refractivity contribution in [3.8, 4) is 0 Å². The second-order valence-electron chi connectivity index (χ2n) is 5.79. The lowest BCUT2D eigenvalue weighted by Gasteiger charge is -2.29. The van der Waals surface area contributed by atoms with Gasteiger partial charge >= 0.3 is 0 Å². The molecule has 1 unspecified atom stereocenters. The minimum absolute atomic E-state index is 0.00189. The van der Waals surface area contributed by atoms with Crippen LogP contribution in [0.2, 0.25) is 0 Å². The molecule has 0 aromatic heterocycles. The molecule has 114 valence electrons. The number of hydrogen-bond acceptors (Lipinski definition) is 4. The fraction of sp³-hybridized carbons (Fsp3) is 0.562. The molecule has 21 heavy (non-hydrogen) atoms. The summed E-state index contributed by atoms with van der Waals surface area (Å²) < 4.78 is 5.38. The van der Waals surface area contributed by atoms with E-state index in [-0.39, 0.29) is 11.9 Å². The van der Waals surface area contributed by atoms with Gasteiger partial charge in [0.25, 0.3) is 5.91 Å². The van der Waals surface area contributed by atoms with Gasteiger partial charge in [-0.05, 0) is 37.8 Å². The molecule has 0 radical (unpaired) electrons. The van der Waals surface area contributed by atoms with E-state index in [0.29, 0.717) is 5.92 Å². The lowest BCUT2D eigenvalue weighted by molar-refractivity contribution is 0.0538. The maximum Gasteiger partial charge on any atom is 0.253 e. The van der Waals surface area contributed by atoms with Gasteiger partial charge < -0.3 is 20.7 Å². The minimum atomic E-state index is 0.00189. The number of benzene rings is 1. The maximum absolute atomic E-state index is 12.6. The summed E-state index contributed by atoms with van der Waals surface area (Å²) >= 11 is 0. The van der Waals surface area contributed by atoms with E-state index in [1.165, 1.54) is 0 Å². The van der Waals surface area contributed by atoms with Crippen LogP contribution < -0.4 is 16.0 Å². The molecule has 1 saturated heterocycles. The van der Waals surface area contributed by atoms with Gasteiger partial charge in [-0.15, -0.1) is 0 Å². The molecular formula is C16H23N3O2. The predicted octanol–water partition coefficient (Wildman–Crippen LogP) is 2.07. The molecule has 1 amide bonds. The van der Waals surface area contributed by atoms with Gasteiger partial charge in [0.2, 0.25) is 0 Å². The summed E-state index contributed by atoms with van der Waals surface area (Å²) in [6, 6.07) is 5.98. The molecule has 1 fully saturated rings. The van der Waals surface area contributed by atoms with Crippen molar-refractivity contribution in [1.82, 2.24) is 5.32 Å². The first-order valence-electron chi connectivity index (χ1n) is 7.75. The number of anilines is 2. The zero-order chi connectivity index (χ0) is 14.7. The number of fused-ring (bicyclic) bond motifs is 1. The number of ether oxygens (including phenoxy) is 1. The summed E-state index contributed by atoms with van der Waals surface area (Å²) in [6.45, 7) is 5.42. The third-order valence-corrected chi connectivity index (χ3v) is 4.38. The van der Waals surface area contributed by atoms with E-state index in [0.717, 1.165) is 56.1 Å². The molecule has 3 N–H and O–H groups in total. The van der Waals surface area contributed by atoms with Crippen LogP contribution in [0.15, 0.2) is 18.2 Å². The van der Waals surface area contributed by atoms with Gasteiger partial charge in [0.05, 0.1) is 16.9 Å². The van der Waals surface area contributed by atoms with Crippen LogP contribution in [0.4, 0.5) is 11.4 Å². The Morgan fingerprint density at radius 2 is 2.05 bits per heavy atom. The van der Waals surface area contributed by atoms with Crippen LogP contribution in [-0.2, 0) is 4.74 Å². The number of nitrogens with one attached hydrogen (secondary N) is 3. The first-order chi connectivity index (χ1) is 10.3. The average molecular weight is 289 g/mol. The van der Waals surface area contributed by atoms with Crippen LogP contribution in [0.3, 0.4) is 0 Å². The van der Waals surface area contributed by atoms with Crippen LogP contribution in [0, 0.1) is 5.92 Å². The quantitative estimate of drug-likeness (QED) is 0.797. The number of carbonyl (C=O) groups is 1. The van der Waals surface area contributed by atoms with Crippen LogP contribution in [-0.4, -0.2) is 38.3 Å². The van der Waals surface area contributed by atoms with E-state index in [9.17, 15) is 4.79 Å². The highest BCUT2D eigenvalue weighted by Crippen LogP contribution is 2.28. The lowest BCUT2D eigenvalue weighted by atomic mass is 9.92. The normalized spacial score (nSPS) is 19.9. The average Bonchev–Trinajstić information content (AvgIpc) is 2.55. The topological polar surface area (TPSA) is 62.4 Å². The first kappa shape index (κ1) is 14.2. The van der Waals surface area contributed by atoms with Crippen molar-refractivity contribution in [2.75, 3.05) is 36.9 Å². The summed E-state index contributed by atoms with van der Waals surface area (Å²) in [5.74, 6) is 0.510.